The molecule has 4 amide bonds. The zero-order valence-electron chi connectivity index (χ0n) is 24.4. The smallest absolute Gasteiger partial charge is 0.272 e. The molecule has 1 saturated heterocycles. The van der Waals surface area contributed by atoms with E-state index in [0.717, 1.165) is 16.0 Å². The summed E-state index contributed by atoms with van der Waals surface area (Å²) in [6.07, 6.45) is 1.63. The number of anilines is 2. The second kappa shape index (κ2) is 14.2. The number of imide groups is 1. The Balaban J connectivity index is 1.33. The Morgan fingerprint density at radius 3 is 2.31 bits per heavy atom. The van der Waals surface area contributed by atoms with Gasteiger partial charge in [0.1, 0.15) is 5.70 Å². The molecule has 45 heavy (non-hydrogen) atoms. The van der Waals surface area contributed by atoms with E-state index in [9.17, 15) is 19.2 Å². The van der Waals surface area contributed by atoms with Crippen molar-refractivity contribution in [3.8, 4) is 0 Å². The molecule has 1 aliphatic rings. The first kappa shape index (κ1) is 32.0. The first-order valence-corrected chi connectivity index (χ1v) is 15.8. The number of hydrogen-bond acceptors (Lipinski definition) is 5. The minimum Gasteiger partial charge on any atom is -0.321 e. The molecule has 0 bridgehead atoms. The van der Waals surface area contributed by atoms with E-state index in [4.69, 9.17) is 23.2 Å². The highest BCUT2D eigenvalue weighted by Gasteiger charge is 2.40. The molecule has 10 heteroatoms. The maximum absolute atomic E-state index is 13.5. The van der Waals surface area contributed by atoms with Crippen LogP contribution >= 0.6 is 35.0 Å². The lowest BCUT2D eigenvalue weighted by atomic mass is 10.0. The van der Waals surface area contributed by atoms with Gasteiger partial charge in [0.05, 0.1) is 21.0 Å². The summed E-state index contributed by atoms with van der Waals surface area (Å²) in [5.41, 5.74) is 3.20. The third-order valence-corrected chi connectivity index (χ3v) is 9.00. The number of benzene rings is 4. The molecule has 7 nitrogen and oxygen atoms in total. The van der Waals surface area contributed by atoms with Gasteiger partial charge in [-0.3, -0.25) is 19.2 Å². The molecule has 1 unspecified atom stereocenters. The van der Waals surface area contributed by atoms with Crippen molar-refractivity contribution in [1.82, 2.24) is 5.32 Å². The van der Waals surface area contributed by atoms with Crippen molar-refractivity contribution < 1.29 is 19.2 Å². The van der Waals surface area contributed by atoms with E-state index in [-0.39, 0.29) is 29.0 Å². The van der Waals surface area contributed by atoms with Crippen LogP contribution in [0.2, 0.25) is 10.0 Å². The Hall–Kier alpha value is -4.37. The Morgan fingerprint density at radius 1 is 0.889 bits per heavy atom. The van der Waals surface area contributed by atoms with Gasteiger partial charge in [-0.15, -0.1) is 11.8 Å². The summed E-state index contributed by atoms with van der Waals surface area (Å²) >= 11 is 13.3. The van der Waals surface area contributed by atoms with Crippen LogP contribution in [0.1, 0.15) is 47.7 Å². The van der Waals surface area contributed by atoms with Gasteiger partial charge < -0.3 is 10.6 Å². The highest BCUT2D eigenvalue weighted by atomic mass is 35.5. The van der Waals surface area contributed by atoms with Gasteiger partial charge >= 0.3 is 0 Å². The third-order valence-electron chi connectivity index (χ3n) is 7.08. The lowest BCUT2D eigenvalue weighted by molar-refractivity contribution is -0.121. The lowest BCUT2D eigenvalue weighted by Gasteiger charge is -2.16. The summed E-state index contributed by atoms with van der Waals surface area (Å²) in [4.78, 5) is 54.3. The van der Waals surface area contributed by atoms with Crippen molar-refractivity contribution in [3.05, 3.63) is 129 Å². The van der Waals surface area contributed by atoms with E-state index in [2.05, 4.69) is 24.5 Å². The molecule has 1 aliphatic heterocycles. The molecular weight excluding hydrogens is 629 g/mol. The van der Waals surface area contributed by atoms with Crippen LogP contribution in [0.4, 0.5) is 11.4 Å². The number of nitrogens with one attached hydrogen (secondary N) is 2. The SMILES string of the molecule is CC(C)c1ccc(/C=C(\NC(=O)c2ccccc2)C(=O)Nc2cccc(SC3CC(=O)N(c4ccc(Cl)c(Cl)c4)C3=O)c2)cc1. The van der Waals surface area contributed by atoms with Crippen LogP contribution in [-0.2, 0) is 14.4 Å². The largest absolute Gasteiger partial charge is 0.321 e. The van der Waals surface area contributed by atoms with Gasteiger partial charge in [-0.1, -0.05) is 85.6 Å². The molecule has 0 radical (unpaired) electrons. The van der Waals surface area contributed by atoms with Crippen LogP contribution in [0.3, 0.4) is 0 Å². The van der Waals surface area contributed by atoms with Crippen molar-refractivity contribution in [2.24, 2.45) is 0 Å². The van der Waals surface area contributed by atoms with Crippen LogP contribution in [0, 0.1) is 0 Å². The fourth-order valence-corrected chi connectivity index (χ4v) is 6.09. The van der Waals surface area contributed by atoms with Crippen LogP contribution < -0.4 is 15.5 Å². The monoisotopic (exact) mass is 657 g/mol. The average Bonchev–Trinajstić information content (AvgIpc) is 3.30. The minimum atomic E-state index is -0.660. The Morgan fingerprint density at radius 2 is 1.62 bits per heavy atom. The molecule has 0 spiro atoms. The van der Waals surface area contributed by atoms with Crippen LogP contribution in [0.5, 0.6) is 0 Å². The summed E-state index contributed by atoms with van der Waals surface area (Å²) in [7, 11) is 0. The number of thioether (sulfide) groups is 1. The Kier molecular flexibility index (Phi) is 10.1. The maximum Gasteiger partial charge on any atom is 0.272 e. The van der Waals surface area contributed by atoms with Gasteiger partial charge in [0.25, 0.3) is 11.8 Å². The minimum absolute atomic E-state index is 0.00827. The summed E-state index contributed by atoms with van der Waals surface area (Å²) in [6.45, 7) is 4.20. The number of amides is 4. The normalized spacial score (nSPS) is 15.0. The number of carbonyl (C=O) groups excluding carboxylic acids is 4. The predicted octanol–water partition coefficient (Wildman–Crippen LogP) is 7.95. The fourth-order valence-electron chi connectivity index (χ4n) is 4.69. The Labute approximate surface area is 275 Å². The van der Waals surface area contributed by atoms with Crippen molar-refractivity contribution >= 4 is 76.0 Å². The first-order valence-electron chi connectivity index (χ1n) is 14.2. The predicted molar refractivity (Wildman–Crippen MR) is 181 cm³/mol. The second-order valence-electron chi connectivity index (χ2n) is 10.7. The van der Waals surface area contributed by atoms with E-state index in [1.54, 1.807) is 66.7 Å². The van der Waals surface area contributed by atoms with E-state index >= 15 is 0 Å². The summed E-state index contributed by atoms with van der Waals surface area (Å²) < 4.78 is 0. The van der Waals surface area contributed by atoms with Crippen molar-refractivity contribution in [3.63, 3.8) is 0 Å². The topological polar surface area (TPSA) is 95.6 Å². The molecule has 4 aromatic rings. The first-order chi connectivity index (χ1) is 21.6. The average molecular weight is 659 g/mol. The van der Waals surface area contributed by atoms with Gasteiger partial charge in [-0.2, -0.15) is 0 Å². The standard InChI is InChI=1S/C35H29Cl2N3O4S/c1-21(2)23-13-11-22(12-14-23)17-30(39-33(42)24-7-4-3-5-8-24)34(43)38-25-9-6-10-27(18-25)45-31-20-32(41)40(35(31)44)26-15-16-28(36)29(37)19-26/h3-19,21,31H,20H2,1-2H3,(H,38,43)(H,39,42)/b30-17-. The van der Waals surface area contributed by atoms with Crippen molar-refractivity contribution in [1.29, 1.82) is 0 Å². The van der Waals surface area contributed by atoms with Crippen molar-refractivity contribution in [2.75, 3.05) is 10.2 Å². The lowest BCUT2D eigenvalue weighted by Crippen LogP contribution is -2.31. The molecule has 1 fully saturated rings. The van der Waals surface area contributed by atoms with Crippen LogP contribution in [0.25, 0.3) is 6.08 Å². The van der Waals surface area contributed by atoms with Crippen molar-refractivity contribution in [2.45, 2.75) is 36.3 Å². The number of carbonyl (C=O) groups is 4. The molecule has 0 aromatic heterocycles. The number of rotatable bonds is 9. The zero-order valence-corrected chi connectivity index (χ0v) is 26.7. The summed E-state index contributed by atoms with van der Waals surface area (Å²) in [6, 6.07) is 28.0. The van der Waals surface area contributed by atoms with Gasteiger partial charge in [-0.25, -0.2) is 4.90 Å². The molecule has 0 saturated carbocycles. The number of halogens is 2. The highest BCUT2D eigenvalue weighted by molar-refractivity contribution is 8.00. The zero-order chi connectivity index (χ0) is 32.1. The van der Waals surface area contributed by atoms with Gasteiger partial charge in [0.2, 0.25) is 11.8 Å². The molecule has 1 atom stereocenters. The number of hydrogen-bond donors (Lipinski definition) is 2. The van der Waals surface area contributed by atoms with E-state index < -0.39 is 17.1 Å². The van der Waals surface area contributed by atoms with Crippen LogP contribution in [0.15, 0.2) is 108 Å². The van der Waals surface area contributed by atoms with E-state index in [0.29, 0.717) is 32.8 Å². The van der Waals surface area contributed by atoms with Gasteiger partial charge in [0.15, 0.2) is 0 Å². The second-order valence-corrected chi connectivity index (χ2v) is 12.7. The fraction of sp³-hybridized carbons (Fsp3) is 0.143. The number of nitrogens with zero attached hydrogens (tertiary/aromatic N) is 1. The molecule has 0 aliphatic carbocycles. The summed E-state index contributed by atoms with van der Waals surface area (Å²) in [5.74, 6) is -1.30. The molecule has 4 aromatic carbocycles. The van der Waals surface area contributed by atoms with Crippen LogP contribution in [-0.4, -0.2) is 28.9 Å². The van der Waals surface area contributed by atoms with E-state index in [1.165, 1.54) is 23.9 Å². The summed E-state index contributed by atoms with van der Waals surface area (Å²) in [5, 5.41) is 5.52. The molecule has 1 heterocycles. The highest BCUT2D eigenvalue weighted by Crippen LogP contribution is 2.36. The molecular formula is C35H29Cl2N3O4S. The Bertz CT molecular complexity index is 1790. The maximum atomic E-state index is 13.5. The van der Waals surface area contributed by atoms with Gasteiger partial charge in [0, 0.05) is 22.6 Å². The van der Waals surface area contributed by atoms with E-state index in [1.807, 2.05) is 24.3 Å². The quantitative estimate of drug-likeness (QED) is 0.141. The third kappa shape index (κ3) is 7.84. The molecule has 5 rings (SSSR count). The molecule has 228 valence electrons. The van der Waals surface area contributed by atoms with Gasteiger partial charge in [-0.05, 0) is 71.7 Å². The molecule has 2 N–H and O–H groups in total.